The van der Waals surface area contributed by atoms with Crippen LogP contribution in [0.4, 0.5) is 0 Å². The number of sulfonamides is 1. The van der Waals surface area contributed by atoms with Gasteiger partial charge in [0.2, 0.25) is 15.9 Å². The van der Waals surface area contributed by atoms with Crippen LogP contribution in [-0.2, 0) is 26.0 Å². The van der Waals surface area contributed by atoms with Crippen LogP contribution in [0.2, 0.25) is 0 Å². The van der Waals surface area contributed by atoms with E-state index in [1.165, 1.54) is 0 Å². The molecule has 0 aliphatic carbocycles. The molecule has 1 fully saturated rings. The van der Waals surface area contributed by atoms with Gasteiger partial charge in [0.15, 0.2) is 0 Å². The number of amides is 1. The van der Waals surface area contributed by atoms with E-state index in [0.29, 0.717) is 36.9 Å². The molecule has 1 atom stereocenters. The number of aliphatic hydroxyl groups excluding tert-OH is 1. The molecule has 0 spiro atoms. The lowest BCUT2D eigenvalue weighted by molar-refractivity contribution is -0.121. The largest absolute Gasteiger partial charge is 0.389 e. The summed E-state index contributed by atoms with van der Waals surface area (Å²) in [4.78, 5) is 12.3. The van der Waals surface area contributed by atoms with Crippen molar-refractivity contribution < 1.29 is 23.1 Å². The van der Waals surface area contributed by atoms with E-state index in [9.17, 15) is 18.3 Å². The van der Waals surface area contributed by atoms with E-state index in [-0.39, 0.29) is 25.5 Å². The van der Waals surface area contributed by atoms with Crippen molar-refractivity contribution in [1.82, 2.24) is 9.62 Å². The predicted octanol–water partition coefficient (Wildman–Crippen LogP) is 1.94. The van der Waals surface area contributed by atoms with Crippen LogP contribution in [-0.4, -0.2) is 62.7 Å². The lowest BCUT2D eigenvalue weighted by atomic mass is 10.1. The third kappa shape index (κ3) is 8.04. The Labute approximate surface area is 174 Å². The predicted molar refractivity (Wildman–Crippen MR) is 112 cm³/mol. The maximum Gasteiger partial charge on any atom is 0.243 e. The molecule has 0 bridgehead atoms. The minimum Gasteiger partial charge on any atom is -0.389 e. The van der Waals surface area contributed by atoms with Crippen molar-refractivity contribution in [2.75, 3.05) is 32.8 Å². The van der Waals surface area contributed by atoms with Crippen molar-refractivity contribution in [2.24, 2.45) is 5.92 Å². The van der Waals surface area contributed by atoms with Crippen molar-refractivity contribution in [1.29, 1.82) is 0 Å². The van der Waals surface area contributed by atoms with Crippen molar-refractivity contribution in [3.05, 3.63) is 29.8 Å². The number of carbonyl (C=O) groups is 1. The van der Waals surface area contributed by atoms with Crippen molar-refractivity contribution >= 4 is 15.9 Å². The molecule has 2 rings (SSSR count). The average molecular weight is 427 g/mol. The zero-order valence-electron chi connectivity index (χ0n) is 17.5. The summed E-state index contributed by atoms with van der Waals surface area (Å²) in [5.41, 5.74) is 0.901. The highest BCUT2D eigenvalue weighted by molar-refractivity contribution is 7.89. The molecule has 1 saturated heterocycles. The topological polar surface area (TPSA) is 95.9 Å². The van der Waals surface area contributed by atoms with E-state index < -0.39 is 16.1 Å². The number of benzene rings is 1. The Kier molecular flexibility index (Phi) is 9.55. The van der Waals surface area contributed by atoms with Gasteiger partial charge in [-0.1, -0.05) is 32.4 Å². The molecule has 0 radical (unpaired) electrons. The molecule has 1 aliphatic heterocycles. The van der Waals surface area contributed by atoms with E-state index in [2.05, 4.69) is 5.32 Å². The van der Waals surface area contributed by atoms with Gasteiger partial charge in [-0.15, -0.1) is 0 Å². The van der Waals surface area contributed by atoms with Crippen LogP contribution in [0.15, 0.2) is 29.2 Å². The van der Waals surface area contributed by atoms with Crippen LogP contribution in [0.1, 0.15) is 45.1 Å². The first kappa shape index (κ1) is 23.8. The second-order valence-electron chi connectivity index (χ2n) is 8.00. The van der Waals surface area contributed by atoms with Gasteiger partial charge >= 0.3 is 0 Å². The maximum absolute atomic E-state index is 12.7. The molecule has 1 amide bonds. The molecule has 2 N–H and O–H groups in total. The lowest BCUT2D eigenvalue weighted by Crippen LogP contribution is -2.35. The molecule has 1 heterocycles. The Balaban J connectivity index is 1.74. The average Bonchev–Trinajstić information content (AvgIpc) is 2.71. The molecule has 8 heteroatoms. The first-order chi connectivity index (χ1) is 13.8. The highest BCUT2D eigenvalue weighted by Gasteiger charge is 2.25. The third-order valence-corrected chi connectivity index (χ3v) is 6.73. The molecule has 0 aromatic heterocycles. The minimum atomic E-state index is -3.43. The summed E-state index contributed by atoms with van der Waals surface area (Å²) in [6.45, 7) is 6.16. The second-order valence-corrected chi connectivity index (χ2v) is 9.94. The van der Waals surface area contributed by atoms with Crippen LogP contribution < -0.4 is 5.32 Å². The van der Waals surface area contributed by atoms with Crippen molar-refractivity contribution in [3.8, 4) is 0 Å². The van der Waals surface area contributed by atoms with Gasteiger partial charge < -0.3 is 15.2 Å². The second kappa shape index (κ2) is 11.6. The first-order valence-corrected chi connectivity index (χ1v) is 11.8. The standard InChI is InChI=1S/C21H34N2O5S/c1-17(2)15-28-16-19(24)14-22-21(25)11-8-18-6-9-20(10-7-18)29(26,27)23-12-4-3-5-13-23/h6-7,9-10,17,19,24H,3-5,8,11-16H2,1-2H3,(H,22,25)/t19-/m0/s1. The number of nitrogens with zero attached hydrogens (tertiary/aromatic N) is 1. The minimum absolute atomic E-state index is 0.155. The number of carbonyl (C=O) groups excluding carboxylic acids is 1. The van der Waals surface area contributed by atoms with Gasteiger partial charge in [0.05, 0.1) is 17.6 Å². The van der Waals surface area contributed by atoms with Crippen molar-refractivity contribution in [3.63, 3.8) is 0 Å². The van der Waals surface area contributed by atoms with E-state index in [4.69, 9.17) is 4.74 Å². The van der Waals surface area contributed by atoms with Crippen LogP contribution in [0.5, 0.6) is 0 Å². The maximum atomic E-state index is 12.7. The smallest absolute Gasteiger partial charge is 0.243 e. The third-order valence-electron chi connectivity index (χ3n) is 4.81. The number of nitrogens with one attached hydrogen (secondary N) is 1. The van der Waals surface area contributed by atoms with Crippen LogP contribution in [0.3, 0.4) is 0 Å². The lowest BCUT2D eigenvalue weighted by Gasteiger charge is -2.25. The fraction of sp³-hybridized carbons (Fsp3) is 0.667. The normalized spacial score (nSPS) is 16.7. The fourth-order valence-electron chi connectivity index (χ4n) is 3.16. The Morgan fingerprint density at radius 2 is 1.79 bits per heavy atom. The summed E-state index contributed by atoms with van der Waals surface area (Å²) < 4.78 is 32.2. The molecular formula is C21H34N2O5S. The summed E-state index contributed by atoms with van der Waals surface area (Å²) >= 11 is 0. The number of aryl methyl sites for hydroxylation is 1. The Hall–Kier alpha value is -1.48. The van der Waals surface area contributed by atoms with Gasteiger partial charge in [-0.2, -0.15) is 4.31 Å². The molecule has 164 valence electrons. The Morgan fingerprint density at radius 1 is 1.14 bits per heavy atom. The number of piperidine rings is 1. The Morgan fingerprint density at radius 3 is 2.41 bits per heavy atom. The first-order valence-electron chi connectivity index (χ1n) is 10.4. The molecule has 0 unspecified atom stereocenters. The van der Waals surface area contributed by atoms with Gasteiger partial charge in [0.1, 0.15) is 0 Å². The fourth-order valence-corrected chi connectivity index (χ4v) is 4.68. The Bertz CT molecular complexity index is 728. The van der Waals surface area contributed by atoms with E-state index >= 15 is 0 Å². The van der Waals surface area contributed by atoms with Gasteiger partial charge in [-0.3, -0.25) is 4.79 Å². The molecule has 1 aliphatic rings. The molecule has 1 aromatic rings. The van der Waals surface area contributed by atoms with Gasteiger partial charge in [-0.25, -0.2) is 8.42 Å². The summed E-state index contributed by atoms with van der Waals surface area (Å²) in [7, 11) is -3.43. The van der Waals surface area contributed by atoms with E-state index in [0.717, 1.165) is 24.8 Å². The van der Waals surface area contributed by atoms with Crippen LogP contribution >= 0.6 is 0 Å². The molecule has 29 heavy (non-hydrogen) atoms. The number of hydrogen-bond acceptors (Lipinski definition) is 5. The van der Waals surface area contributed by atoms with E-state index in [1.807, 2.05) is 13.8 Å². The zero-order valence-corrected chi connectivity index (χ0v) is 18.3. The van der Waals surface area contributed by atoms with Gasteiger partial charge in [0, 0.05) is 32.7 Å². The van der Waals surface area contributed by atoms with Crippen LogP contribution in [0, 0.1) is 5.92 Å². The highest BCUT2D eigenvalue weighted by Crippen LogP contribution is 2.21. The number of aliphatic hydroxyl groups is 1. The quantitative estimate of drug-likeness (QED) is 0.564. The molecular weight excluding hydrogens is 392 g/mol. The number of ether oxygens (including phenoxy) is 1. The summed E-state index contributed by atoms with van der Waals surface area (Å²) in [5, 5.41) is 12.5. The van der Waals surface area contributed by atoms with Gasteiger partial charge in [0.25, 0.3) is 0 Å². The number of rotatable bonds is 11. The molecule has 0 saturated carbocycles. The van der Waals surface area contributed by atoms with Crippen molar-refractivity contribution in [2.45, 2.75) is 57.0 Å². The van der Waals surface area contributed by atoms with Crippen LogP contribution in [0.25, 0.3) is 0 Å². The highest BCUT2D eigenvalue weighted by atomic mass is 32.2. The van der Waals surface area contributed by atoms with E-state index in [1.54, 1.807) is 28.6 Å². The molecule has 7 nitrogen and oxygen atoms in total. The van der Waals surface area contributed by atoms with Gasteiger partial charge in [-0.05, 0) is 42.9 Å². The zero-order chi connectivity index (χ0) is 21.3. The summed E-state index contributed by atoms with van der Waals surface area (Å²) in [5.74, 6) is 0.246. The monoisotopic (exact) mass is 426 g/mol. The number of hydrogen-bond donors (Lipinski definition) is 2. The summed E-state index contributed by atoms with van der Waals surface area (Å²) in [6, 6.07) is 6.76. The summed E-state index contributed by atoms with van der Waals surface area (Å²) in [6.07, 6.45) is 2.95. The SMILES string of the molecule is CC(C)COC[C@@H](O)CNC(=O)CCc1ccc(S(=O)(=O)N2CCCCC2)cc1. The molecule has 1 aromatic carbocycles.